The summed E-state index contributed by atoms with van der Waals surface area (Å²) in [4.78, 5) is 17.0. The molecule has 2 bridgehead atoms. The summed E-state index contributed by atoms with van der Waals surface area (Å²) in [5.41, 5.74) is 1.30. The summed E-state index contributed by atoms with van der Waals surface area (Å²) in [5, 5.41) is 6.22. The van der Waals surface area contributed by atoms with Crippen molar-refractivity contribution >= 4 is 17.2 Å². The molecule has 1 heterocycles. The van der Waals surface area contributed by atoms with Crippen LogP contribution in [0.4, 0.5) is 0 Å². The topological polar surface area (TPSA) is 42.0 Å². The number of hydrogen-bond acceptors (Lipinski definition) is 3. The monoisotopic (exact) mass is 334 g/mol. The number of hydrogen-bond donors (Lipinski definition) is 1. The lowest BCUT2D eigenvalue weighted by molar-refractivity contribution is 0.0857. The molecule has 0 aliphatic heterocycles. The molecule has 2 aliphatic carbocycles. The van der Waals surface area contributed by atoms with E-state index in [1.165, 1.54) is 44.9 Å². The molecule has 3 nitrogen and oxygen atoms in total. The second-order valence-corrected chi connectivity index (χ2v) is 8.99. The molecule has 23 heavy (non-hydrogen) atoms. The van der Waals surface area contributed by atoms with Crippen molar-refractivity contribution < 1.29 is 4.79 Å². The number of nitrogens with one attached hydrogen (secondary N) is 1. The van der Waals surface area contributed by atoms with Gasteiger partial charge in [-0.3, -0.25) is 4.79 Å². The lowest BCUT2D eigenvalue weighted by Crippen LogP contribution is -2.42. The maximum absolute atomic E-state index is 12.5. The first-order valence-electron chi connectivity index (χ1n) is 9.21. The van der Waals surface area contributed by atoms with E-state index in [2.05, 4.69) is 31.1 Å². The molecule has 0 radical (unpaired) electrons. The van der Waals surface area contributed by atoms with Crippen LogP contribution in [-0.2, 0) is 6.42 Å². The standard InChI is InChI=1S/C19H30N2OS/c1-4-5-6-7-16-21-15(12-23-16)17(22)20-13-19-10-8-14(9-11-19)18(19,2)3/h12,14H,4-11,13H2,1-3H3,(H,20,22). The van der Waals surface area contributed by atoms with Gasteiger partial charge in [0.1, 0.15) is 5.69 Å². The van der Waals surface area contributed by atoms with E-state index in [9.17, 15) is 4.79 Å². The van der Waals surface area contributed by atoms with Crippen LogP contribution in [0.15, 0.2) is 5.38 Å². The summed E-state index contributed by atoms with van der Waals surface area (Å²) in [6.45, 7) is 7.83. The molecule has 4 heteroatoms. The van der Waals surface area contributed by atoms with Gasteiger partial charge < -0.3 is 5.32 Å². The van der Waals surface area contributed by atoms with Gasteiger partial charge in [-0.2, -0.15) is 0 Å². The lowest BCUT2D eigenvalue weighted by atomic mass is 9.69. The van der Waals surface area contributed by atoms with Crippen LogP contribution in [0.1, 0.15) is 81.2 Å². The van der Waals surface area contributed by atoms with Gasteiger partial charge in [0.25, 0.3) is 5.91 Å². The minimum absolute atomic E-state index is 0.0171. The summed E-state index contributed by atoms with van der Waals surface area (Å²) in [7, 11) is 0. The van der Waals surface area contributed by atoms with E-state index >= 15 is 0 Å². The van der Waals surface area contributed by atoms with Crippen molar-refractivity contribution in [2.75, 3.05) is 6.54 Å². The van der Waals surface area contributed by atoms with Crippen molar-refractivity contribution in [1.29, 1.82) is 0 Å². The zero-order valence-corrected chi connectivity index (χ0v) is 15.6. The van der Waals surface area contributed by atoms with Crippen molar-refractivity contribution in [1.82, 2.24) is 10.3 Å². The molecule has 0 atom stereocenters. The van der Waals surface area contributed by atoms with E-state index in [-0.39, 0.29) is 5.91 Å². The van der Waals surface area contributed by atoms with Gasteiger partial charge >= 0.3 is 0 Å². The second-order valence-electron chi connectivity index (χ2n) is 8.04. The molecule has 0 unspecified atom stereocenters. The molecule has 2 aliphatic rings. The molecule has 1 N–H and O–H groups in total. The number of fused-ring (bicyclic) bond motifs is 2. The molecule has 0 spiro atoms. The molecular formula is C19H30N2OS. The number of amides is 1. The van der Waals surface area contributed by atoms with Gasteiger partial charge in [-0.05, 0) is 55.3 Å². The highest BCUT2D eigenvalue weighted by atomic mass is 32.1. The Hall–Kier alpha value is -0.900. The Labute approximate surface area is 144 Å². The normalized spacial score (nSPS) is 28.2. The van der Waals surface area contributed by atoms with Crippen molar-refractivity contribution in [2.45, 2.75) is 72.1 Å². The summed E-state index contributed by atoms with van der Waals surface area (Å²) >= 11 is 1.63. The SMILES string of the molecule is CCCCCc1nc(C(=O)NCC23CCC(CC2)C3(C)C)cs1. The highest BCUT2D eigenvalue weighted by Gasteiger charge is 2.58. The number of nitrogens with zero attached hydrogens (tertiary/aromatic N) is 1. The molecule has 1 aromatic heterocycles. The smallest absolute Gasteiger partial charge is 0.270 e. The first-order chi connectivity index (χ1) is 11.0. The number of thiazole rings is 1. The molecule has 0 aromatic carbocycles. The minimum atomic E-state index is 0.0171. The van der Waals surface area contributed by atoms with E-state index in [0.29, 0.717) is 16.5 Å². The summed E-state index contributed by atoms with van der Waals surface area (Å²) in [6.07, 6.45) is 9.84. The first-order valence-corrected chi connectivity index (χ1v) is 10.1. The molecule has 3 rings (SSSR count). The van der Waals surface area contributed by atoms with Crippen molar-refractivity contribution in [3.8, 4) is 0 Å². The Morgan fingerprint density at radius 3 is 2.70 bits per heavy atom. The maximum atomic E-state index is 12.5. The predicted molar refractivity (Wildman–Crippen MR) is 95.8 cm³/mol. The number of carbonyl (C=O) groups is 1. The van der Waals surface area contributed by atoms with Crippen LogP contribution >= 0.6 is 11.3 Å². The van der Waals surface area contributed by atoms with Gasteiger partial charge in [-0.1, -0.05) is 33.6 Å². The Morgan fingerprint density at radius 2 is 2.09 bits per heavy atom. The molecule has 128 valence electrons. The van der Waals surface area contributed by atoms with Crippen molar-refractivity contribution in [3.05, 3.63) is 16.1 Å². The Morgan fingerprint density at radius 1 is 1.35 bits per heavy atom. The highest BCUT2D eigenvalue weighted by Crippen LogP contribution is 2.65. The summed E-state index contributed by atoms with van der Waals surface area (Å²) in [6, 6.07) is 0. The third-order valence-corrected chi connectivity index (χ3v) is 7.60. The summed E-state index contributed by atoms with van der Waals surface area (Å²) in [5.74, 6) is 0.868. The van der Waals surface area contributed by atoms with Crippen molar-refractivity contribution in [2.24, 2.45) is 16.7 Å². The van der Waals surface area contributed by atoms with Gasteiger partial charge in [0.05, 0.1) is 5.01 Å². The second kappa shape index (κ2) is 6.54. The van der Waals surface area contributed by atoms with E-state index in [4.69, 9.17) is 0 Å². The number of unbranched alkanes of at least 4 members (excludes halogenated alkanes) is 2. The maximum Gasteiger partial charge on any atom is 0.270 e. The summed E-state index contributed by atoms with van der Waals surface area (Å²) < 4.78 is 0. The fraction of sp³-hybridized carbons (Fsp3) is 0.789. The number of aromatic nitrogens is 1. The Balaban J connectivity index is 1.56. The molecule has 2 saturated carbocycles. The van der Waals surface area contributed by atoms with Crippen LogP contribution in [0.5, 0.6) is 0 Å². The Kier molecular flexibility index (Phi) is 4.82. The average molecular weight is 335 g/mol. The third-order valence-electron chi connectivity index (χ3n) is 6.70. The zero-order chi connectivity index (χ0) is 16.5. The van der Waals surface area contributed by atoms with Gasteiger partial charge in [0.15, 0.2) is 0 Å². The van der Waals surface area contributed by atoms with Gasteiger partial charge in [0, 0.05) is 11.9 Å². The van der Waals surface area contributed by atoms with Crippen LogP contribution in [0.25, 0.3) is 0 Å². The van der Waals surface area contributed by atoms with E-state index in [0.717, 1.165) is 23.9 Å². The van der Waals surface area contributed by atoms with Gasteiger partial charge in [-0.25, -0.2) is 4.98 Å². The fourth-order valence-electron chi connectivity index (χ4n) is 4.77. The number of aryl methyl sites for hydroxylation is 1. The minimum Gasteiger partial charge on any atom is -0.350 e. The fourth-order valence-corrected chi connectivity index (χ4v) is 5.59. The van der Waals surface area contributed by atoms with E-state index in [1.807, 2.05) is 5.38 Å². The quantitative estimate of drug-likeness (QED) is 0.726. The van der Waals surface area contributed by atoms with Crippen LogP contribution in [0.3, 0.4) is 0 Å². The van der Waals surface area contributed by atoms with E-state index in [1.54, 1.807) is 11.3 Å². The number of carbonyl (C=O) groups excluding carboxylic acids is 1. The van der Waals surface area contributed by atoms with Gasteiger partial charge in [-0.15, -0.1) is 11.3 Å². The molecule has 1 amide bonds. The van der Waals surface area contributed by atoms with Crippen LogP contribution < -0.4 is 5.32 Å². The van der Waals surface area contributed by atoms with Gasteiger partial charge in [0.2, 0.25) is 0 Å². The molecule has 1 aromatic rings. The van der Waals surface area contributed by atoms with E-state index < -0.39 is 0 Å². The molecule has 0 saturated heterocycles. The highest BCUT2D eigenvalue weighted by molar-refractivity contribution is 7.09. The zero-order valence-electron chi connectivity index (χ0n) is 14.8. The lowest BCUT2D eigenvalue weighted by Gasteiger charge is -2.38. The predicted octanol–water partition coefficient (Wildman–Crippen LogP) is 4.82. The third kappa shape index (κ3) is 3.07. The van der Waals surface area contributed by atoms with Crippen molar-refractivity contribution in [3.63, 3.8) is 0 Å². The molecule has 2 fully saturated rings. The van der Waals surface area contributed by atoms with Crippen LogP contribution in [0.2, 0.25) is 0 Å². The number of rotatable bonds is 7. The van der Waals surface area contributed by atoms with Crippen LogP contribution in [0, 0.1) is 16.7 Å². The average Bonchev–Trinajstić information content (AvgIpc) is 3.17. The Bertz CT molecular complexity index is 555. The molecular weight excluding hydrogens is 304 g/mol. The van der Waals surface area contributed by atoms with Crippen LogP contribution in [-0.4, -0.2) is 17.4 Å². The first kappa shape index (κ1) is 16.9. The largest absolute Gasteiger partial charge is 0.350 e.